The van der Waals surface area contributed by atoms with E-state index in [1.807, 2.05) is 39.0 Å². The van der Waals surface area contributed by atoms with E-state index in [2.05, 4.69) is 33.3 Å². The van der Waals surface area contributed by atoms with Crippen molar-refractivity contribution >= 4 is 5.65 Å². The van der Waals surface area contributed by atoms with Gasteiger partial charge in [-0.25, -0.2) is 0 Å². The van der Waals surface area contributed by atoms with Crippen LogP contribution in [0.4, 0.5) is 0 Å². The van der Waals surface area contributed by atoms with Crippen LogP contribution in [-0.4, -0.2) is 24.8 Å². The lowest BCUT2D eigenvalue weighted by Crippen LogP contribution is -2.16. The maximum Gasteiger partial charge on any atom is 0.274 e. The lowest BCUT2D eigenvalue weighted by atomic mass is 10.0. The Bertz CT molecular complexity index is 1180. The van der Waals surface area contributed by atoms with Gasteiger partial charge in [0, 0.05) is 28.6 Å². The highest BCUT2D eigenvalue weighted by molar-refractivity contribution is 5.72. The van der Waals surface area contributed by atoms with Crippen molar-refractivity contribution in [3.8, 4) is 11.3 Å². The van der Waals surface area contributed by atoms with Crippen LogP contribution in [0, 0.1) is 27.7 Å². The Labute approximate surface area is 157 Å². The van der Waals surface area contributed by atoms with E-state index in [9.17, 15) is 4.79 Å². The third-order valence-electron chi connectivity index (χ3n) is 5.23. The van der Waals surface area contributed by atoms with E-state index in [4.69, 9.17) is 0 Å². The summed E-state index contributed by atoms with van der Waals surface area (Å²) in [5.41, 5.74) is 8.89. The highest BCUT2D eigenvalue weighted by atomic mass is 16.1. The summed E-state index contributed by atoms with van der Waals surface area (Å²) in [6.45, 7) is 8.09. The zero-order chi connectivity index (χ0) is 19.1. The number of benzene rings is 1. The topological polar surface area (TPSA) is 78.8 Å². The molecule has 0 saturated heterocycles. The SMILES string of the molecule is Cc1ccccc1-c1nn2c(=O)cc(CCc3c(C)n[nH]c3C)[nH]c2c1C. The molecule has 0 bridgehead atoms. The van der Waals surface area contributed by atoms with Crippen molar-refractivity contribution in [3.63, 3.8) is 0 Å². The van der Waals surface area contributed by atoms with Crippen LogP contribution in [-0.2, 0) is 12.8 Å². The van der Waals surface area contributed by atoms with Gasteiger partial charge >= 0.3 is 0 Å². The van der Waals surface area contributed by atoms with E-state index in [1.54, 1.807) is 6.07 Å². The van der Waals surface area contributed by atoms with Crippen molar-refractivity contribution < 1.29 is 0 Å². The van der Waals surface area contributed by atoms with Gasteiger partial charge in [-0.05, 0) is 51.7 Å². The number of nitrogens with zero attached hydrogens (tertiary/aromatic N) is 3. The highest BCUT2D eigenvalue weighted by Gasteiger charge is 2.15. The smallest absolute Gasteiger partial charge is 0.274 e. The van der Waals surface area contributed by atoms with Crippen LogP contribution < -0.4 is 5.56 Å². The van der Waals surface area contributed by atoms with E-state index >= 15 is 0 Å². The molecule has 3 aromatic heterocycles. The van der Waals surface area contributed by atoms with E-state index < -0.39 is 0 Å². The third-order valence-corrected chi connectivity index (χ3v) is 5.23. The normalized spacial score (nSPS) is 11.4. The average Bonchev–Trinajstić information content (AvgIpc) is 3.14. The molecular weight excluding hydrogens is 338 g/mol. The number of hydrogen-bond acceptors (Lipinski definition) is 3. The molecule has 4 aromatic rings. The number of nitrogens with one attached hydrogen (secondary N) is 2. The maximum absolute atomic E-state index is 12.6. The zero-order valence-electron chi connectivity index (χ0n) is 16.1. The fourth-order valence-corrected chi connectivity index (χ4v) is 3.63. The van der Waals surface area contributed by atoms with Crippen LogP contribution in [0.1, 0.15) is 33.8 Å². The lowest BCUT2D eigenvalue weighted by Gasteiger charge is -2.04. The molecule has 0 aliphatic rings. The van der Waals surface area contributed by atoms with E-state index in [0.29, 0.717) is 0 Å². The first kappa shape index (κ1) is 17.3. The van der Waals surface area contributed by atoms with Crippen molar-refractivity contribution in [1.29, 1.82) is 0 Å². The number of aromatic nitrogens is 5. The first-order valence-corrected chi connectivity index (χ1v) is 9.13. The monoisotopic (exact) mass is 361 g/mol. The fourth-order valence-electron chi connectivity index (χ4n) is 3.63. The van der Waals surface area contributed by atoms with Crippen LogP contribution in [0.15, 0.2) is 35.1 Å². The largest absolute Gasteiger partial charge is 0.343 e. The molecular formula is C21H23N5O. The Morgan fingerprint density at radius 1 is 1.07 bits per heavy atom. The van der Waals surface area contributed by atoms with Crippen molar-refractivity contribution in [1.82, 2.24) is 24.8 Å². The van der Waals surface area contributed by atoms with E-state index in [1.165, 1.54) is 10.1 Å². The van der Waals surface area contributed by atoms with Crippen molar-refractivity contribution in [2.75, 3.05) is 0 Å². The zero-order valence-corrected chi connectivity index (χ0v) is 16.1. The van der Waals surface area contributed by atoms with Gasteiger partial charge in [-0.15, -0.1) is 0 Å². The minimum Gasteiger partial charge on any atom is -0.343 e. The molecule has 0 fully saturated rings. The Hall–Kier alpha value is -3.15. The minimum atomic E-state index is -0.109. The number of H-pyrrole nitrogens is 2. The second-order valence-corrected chi connectivity index (χ2v) is 7.09. The fraction of sp³-hybridized carbons (Fsp3) is 0.286. The Balaban J connectivity index is 1.74. The van der Waals surface area contributed by atoms with Gasteiger partial charge in [0.25, 0.3) is 5.56 Å². The molecule has 0 aliphatic carbocycles. The standard InChI is InChI=1S/C21H23N5O/c1-12-7-5-6-8-17(12)20-13(2)21-22-16(11-19(27)26(21)25-20)9-10-18-14(3)23-24-15(18)4/h5-8,11,22H,9-10H2,1-4H3,(H,23,24). The van der Waals surface area contributed by atoms with Gasteiger partial charge in [0.15, 0.2) is 0 Å². The third kappa shape index (κ3) is 2.97. The molecule has 0 radical (unpaired) electrons. The molecule has 0 amide bonds. The van der Waals surface area contributed by atoms with Crippen LogP contribution in [0.3, 0.4) is 0 Å². The summed E-state index contributed by atoms with van der Waals surface area (Å²) in [6.07, 6.45) is 1.58. The minimum absolute atomic E-state index is 0.109. The first-order chi connectivity index (χ1) is 13.0. The van der Waals surface area contributed by atoms with Gasteiger partial charge in [0.05, 0.1) is 11.4 Å². The highest BCUT2D eigenvalue weighted by Crippen LogP contribution is 2.26. The summed E-state index contributed by atoms with van der Waals surface area (Å²) in [4.78, 5) is 16.1. The number of fused-ring (bicyclic) bond motifs is 1. The second-order valence-electron chi connectivity index (χ2n) is 7.09. The summed E-state index contributed by atoms with van der Waals surface area (Å²) in [7, 11) is 0. The Morgan fingerprint density at radius 2 is 1.85 bits per heavy atom. The Kier molecular flexibility index (Phi) is 4.18. The molecule has 3 heterocycles. The Morgan fingerprint density at radius 3 is 2.56 bits per heavy atom. The average molecular weight is 361 g/mol. The van der Waals surface area contributed by atoms with Gasteiger partial charge in [0.2, 0.25) is 0 Å². The molecule has 138 valence electrons. The molecule has 0 saturated carbocycles. The molecule has 0 aliphatic heterocycles. The summed E-state index contributed by atoms with van der Waals surface area (Å²) in [5, 5.41) is 11.8. The van der Waals surface area contributed by atoms with E-state index in [0.717, 1.165) is 58.0 Å². The number of rotatable bonds is 4. The maximum atomic E-state index is 12.6. The van der Waals surface area contributed by atoms with Gasteiger partial charge in [-0.1, -0.05) is 24.3 Å². The molecule has 4 rings (SSSR count). The van der Waals surface area contributed by atoms with Gasteiger partial charge in [-0.2, -0.15) is 14.7 Å². The van der Waals surface area contributed by atoms with Crippen molar-refractivity contribution in [2.24, 2.45) is 0 Å². The van der Waals surface area contributed by atoms with Crippen LogP contribution >= 0.6 is 0 Å². The van der Waals surface area contributed by atoms with Crippen molar-refractivity contribution in [3.05, 3.63) is 74.5 Å². The molecule has 1 aromatic carbocycles. The summed E-state index contributed by atoms with van der Waals surface area (Å²) in [6, 6.07) is 9.75. The molecule has 0 atom stereocenters. The predicted octanol–water partition coefficient (Wildman–Crippen LogP) is 3.43. The van der Waals surface area contributed by atoms with Gasteiger partial charge < -0.3 is 4.98 Å². The summed E-state index contributed by atoms with van der Waals surface area (Å²) >= 11 is 0. The van der Waals surface area contributed by atoms with Crippen LogP contribution in [0.2, 0.25) is 0 Å². The predicted molar refractivity (Wildman–Crippen MR) is 106 cm³/mol. The summed E-state index contributed by atoms with van der Waals surface area (Å²) < 4.78 is 1.47. The second kappa shape index (κ2) is 6.54. The number of hydrogen-bond donors (Lipinski definition) is 2. The molecule has 0 unspecified atom stereocenters. The molecule has 6 nitrogen and oxygen atoms in total. The first-order valence-electron chi connectivity index (χ1n) is 9.13. The molecule has 0 spiro atoms. The number of aryl methyl sites for hydroxylation is 5. The molecule has 2 N–H and O–H groups in total. The van der Waals surface area contributed by atoms with Crippen LogP contribution in [0.25, 0.3) is 16.9 Å². The lowest BCUT2D eigenvalue weighted by molar-refractivity contribution is 0.849. The van der Waals surface area contributed by atoms with Gasteiger partial charge in [-0.3, -0.25) is 9.89 Å². The quantitative estimate of drug-likeness (QED) is 0.584. The summed E-state index contributed by atoms with van der Waals surface area (Å²) in [5.74, 6) is 0. The number of aromatic amines is 2. The van der Waals surface area contributed by atoms with Crippen molar-refractivity contribution in [2.45, 2.75) is 40.5 Å². The van der Waals surface area contributed by atoms with Gasteiger partial charge in [0.1, 0.15) is 5.65 Å². The van der Waals surface area contributed by atoms with E-state index in [-0.39, 0.29) is 5.56 Å². The molecule has 27 heavy (non-hydrogen) atoms. The molecule has 6 heteroatoms. The van der Waals surface area contributed by atoms with Crippen LogP contribution in [0.5, 0.6) is 0 Å².